The first-order valence-electron chi connectivity index (χ1n) is 5.72. The molecule has 0 fully saturated rings. The molecule has 0 aromatic carbocycles. The van der Waals surface area contributed by atoms with Gasteiger partial charge < -0.3 is 4.74 Å². The maximum Gasteiger partial charge on any atom is 0.147 e. The molecule has 1 unspecified atom stereocenters. The molecule has 2 heterocycles. The summed E-state index contributed by atoms with van der Waals surface area (Å²) in [5.41, 5.74) is 3.37. The molecule has 0 amide bonds. The zero-order valence-corrected chi connectivity index (χ0v) is 9.71. The van der Waals surface area contributed by atoms with E-state index in [1.807, 2.05) is 6.92 Å². The number of aryl methyl sites for hydroxylation is 1. The fourth-order valence-corrected chi connectivity index (χ4v) is 2.22. The van der Waals surface area contributed by atoms with Crippen LogP contribution in [0.1, 0.15) is 49.6 Å². The van der Waals surface area contributed by atoms with Gasteiger partial charge in [-0.25, -0.2) is 0 Å². The quantitative estimate of drug-likeness (QED) is 0.762. The molecule has 1 aliphatic heterocycles. The molecule has 15 heavy (non-hydrogen) atoms. The van der Waals surface area contributed by atoms with Gasteiger partial charge in [0.25, 0.3) is 0 Å². The lowest BCUT2D eigenvalue weighted by molar-refractivity contribution is 0.352. The van der Waals surface area contributed by atoms with Gasteiger partial charge in [-0.15, -0.1) is 0 Å². The van der Waals surface area contributed by atoms with Gasteiger partial charge in [-0.05, 0) is 13.3 Å². The van der Waals surface area contributed by atoms with Crippen LogP contribution in [0.2, 0.25) is 0 Å². The fraction of sp³-hybridized carbons (Fsp3) is 0.667. The van der Waals surface area contributed by atoms with Crippen molar-refractivity contribution >= 4 is 0 Å². The molecule has 0 bridgehead atoms. The van der Waals surface area contributed by atoms with Gasteiger partial charge in [0.1, 0.15) is 11.4 Å². The van der Waals surface area contributed by atoms with Crippen LogP contribution >= 0.6 is 0 Å². The van der Waals surface area contributed by atoms with Gasteiger partial charge in [-0.1, -0.05) is 20.3 Å². The average Bonchev–Trinajstić information content (AvgIpc) is 2.68. The molecule has 0 aliphatic carbocycles. The third-order valence-corrected chi connectivity index (χ3v) is 3.01. The topological polar surface area (TPSA) is 35.0 Å². The Bertz CT molecular complexity index is 363. The van der Waals surface area contributed by atoms with E-state index in [2.05, 4.69) is 24.0 Å². The molecule has 0 spiro atoms. The van der Waals surface area contributed by atoms with Crippen molar-refractivity contribution in [3.63, 3.8) is 0 Å². The van der Waals surface area contributed by atoms with Crippen LogP contribution in [0.3, 0.4) is 0 Å². The lowest BCUT2D eigenvalue weighted by atomic mass is 9.96. The van der Waals surface area contributed by atoms with Gasteiger partial charge in [0.2, 0.25) is 0 Å². The number of ether oxygens (including phenoxy) is 1. The number of hydrogen-bond acceptors (Lipinski definition) is 3. The highest BCUT2D eigenvalue weighted by Crippen LogP contribution is 2.33. The lowest BCUT2D eigenvalue weighted by Gasteiger charge is -2.12. The van der Waals surface area contributed by atoms with E-state index >= 15 is 0 Å². The maximum atomic E-state index is 5.60. The smallest absolute Gasteiger partial charge is 0.147 e. The van der Waals surface area contributed by atoms with Crippen molar-refractivity contribution in [2.24, 2.45) is 0 Å². The Balaban J connectivity index is 2.37. The molecule has 82 valence electrons. The molecule has 3 heteroatoms. The molecule has 0 saturated carbocycles. The van der Waals surface area contributed by atoms with Gasteiger partial charge in [-0.2, -0.15) is 10.2 Å². The average molecular weight is 206 g/mol. The van der Waals surface area contributed by atoms with Crippen molar-refractivity contribution in [3.8, 4) is 5.75 Å². The molecule has 1 aromatic rings. The Morgan fingerprint density at radius 1 is 1.40 bits per heavy atom. The van der Waals surface area contributed by atoms with Crippen LogP contribution in [-0.2, 0) is 6.42 Å². The third-order valence-electron chi connectivity index (χ3n) is 3.01. The Hall–Kier alpha value is -1.12. The van der Waals surface area contributed by atoms with E-state index in [1.165, 1.54) is 18.4 Å². The fourth-order valence-electron chi connectivity index (χ4n) is 2.22. The van der Waals surface area contributed by atoms with Crippen LogP contribution in [0.4, 0.5) is 0 Å². The third kappa shape index (κ3) is 1.83. The number of rotatable bonds is 3. The van der Waals surface area contributed by atoms with E-state index < -0.39 is 0 Å². The Labute approximate surface area is 90.9 Å². The summed E-state index contributed by atoms with van der Waals surface area (Å²) in [4.78, 5) is 0. The zero-order valence-electron chi connectivity index (χ0n) is 9.71. The normalized spacial score (nSPS) is 15.9. The molecule has 0 saturated heterocycles. The first-order valence-corrected chi connectivity index (χ1v) is 5.72. The van der Waals surface area contributed by atoms with E-state index in [0.717, 1.165) is 30.2 Å². The Morgan fingerprint density at radius 3 is 2.93 bits per heavy atom. The van der Waals surface area contributed by atoms with Gasteiger partial charge in [0.05, 0.1) is 12.3 Å². The summed E-state index contributed by atoms with van der Waals surface area (Å²) in [7, 11) is 0. The summed E-state index contributed by atoms with van der Waals surface area (Å²) in [6.45, 7) is 7.18. The highest BCUT2D eigenvalue weighted by Gasteiger charge is 2.23. The van der Waals surface area contributed by atoms with Gasteiger partial charge in [0, 0.05) is 17.9 Å². The molecular formula is C12H18N2O. The van der Waals surface area contributed by atoms with Gasteiger partial charge >= 0.3 is 0 Å². The van der Waals surface area contributed by atoms with E-state index in [9.17, 15) is 0 Å². The van der Waals surface area contributed by atoms with Crippen LogP contribution in [0.5, 0.6) is 5.75 Å². The number of aromatic nitrogens is 2. The minimum Gasteiger partial charge on any atom is -0.491 e. The molecular weight excluding hydrogens is 188 g/mol. The summed E-state index contributed by atoms with van der Waals surface area (Å²) in [5.74, 6) is 1.49. The van der Waals surface area contributed by atoms with Crippen LogP contribution in [0, 0.1) is 6.92 Å². The molecule has 3 nitrogen and oxygen atoms in total. The second-order valence-electron chi connectivity index (χ2n) is 4.27. The van der Waals surface area contributed by atoms with Crippen molar-refractivity contribution in [1.82, 2.24) is 10.2 Å². The summed E-state index contributed by atoms with van der Waals surface area (Å²) in [6.07, 6.45) is 3.35. The lowest BCUT2D eigenvalue weighted by Crippen LogP contribution is -2.04. The predicted molar refractivity (Wildman–Crippen MR) is 59.3 cm³/mol. The second-order valence-corrected chi connectivity index (χ2v) is 4.27. The number of fused-ring (bicyclic) bond motifs is 1. The summed E-state index contributed by atoms with van der Waals surface area (Å²) < 4.78 is 5.60. The van der Waals surface area contributed by atoms with Crippen molar-refractivity contribution in [3.05, 3.63) is 17.0 Å². The van der Waals surface area contributed by atoms with E-state index in [1.54, 1.807) is 0 Å². The summed E-state index contributed by atoms with van der Waals surface area (Å²) in [5, 5.41) is 8.52. The summed E-state index contributed by atoms with van der Waals surface area (Å²) >= 11 is 0. The minimum atomic E-state index is 0.499. The van der Waals surface area contributed by atoms with Crippen LogP contribution in [0.15, 0.2) is 0 Å². The van der Waals surface area contributed by atoms with Crippen LogP contribution in [0.25, 0.3) is 0 Å². The highest BCUT2D eigenvalue weighted by atomic mass is 16.5. The van der Waals surface area contributed by atoms with E-state index in [0.29, 0.717) is 5.92 Å². The summed E-state index contributed by atoms with van der Waals surface area (Å²) in [6, 6.07) is 0. The molecule has 1 aliphatic rings. The number of nitrogens with zero attached hydrogens (tertiary/aromatic N) is 2. The van der Waals surface area contributed by atoms with Crippen molar-refractivity contribution in [1.29, 1.82) is 0 Å². The Kier molecular flexibility index (Phi) is 2.89. The minimum absolute atomic E-state index is 0.499. The standard InChI is InChI=1S/C12H18N2O/c1-4-5-8(2)11-10-6-7-15-12(10)9(3)13-14-11/h8H,4-7H2,1-3H3. The van der Waals surface area contributed by atoms with E-state index in [-0.39, 0.29) is 0 Å². The van der Waals surface area contributed by atoms with Gasteiger partial charge in [-0.3, -0.25) is 0 Å². The molecule has 1 aromatic heterocycles. The zero-order chi connectivity index (χ0) is 10.8. The monoisotopic (exact) mass is 206 g/mol. The first-order chi connectivity index (χ1) is 7.24. The molecule has 0 N–H and O–H groups in total. The largest absolute Gasteiger partial charge is 0.491 e. The van der Waals surface area contributed by atoms with Crippen molar-refractivity contribution in [2.75, 3.05) is 6.61 Å². The van der Waals surface area contributed by atoms with Gasteiger partial charge in [0.15, 0.2) is 0 Å². The molecule has 2 rings (SSSR count). The van der Waals surface area contributed by atoms with Crippen molar-refractivity contribution in [2.45, 2.75) is 46.0 Å². The second kappa shape index (κ2) is 4.17. The van der Waals surface area contributed by atoms with Crippen molar-refractivity contribution < 1.29 is 4.74 Å². The Morgan fingerprint density at radius 2 is 2.20 bits per heavy atom. The predicted octanol–water partition coefficient (Wildman–Crippen LogP) is 2.62. The maximum absolute atomic E-state index is 5.60. The molecule has 1 atom stereocenters. The van der Waals surface area contributed by atoms with Crippen LogP contribution in [-0.4, -0.2) is 16.8 Å². The first kappa shape index (κ1) is 10.4. The highest BCUT2D eigenvalue weighted by molar-refractivity contribution is 5.42. The number of hydrogen-bond donors (Lipinski definition) is 0. The van der Waals surface area contributed by atoms with E-state index in [4.69, 9.17) is 4.74 Å². The van der Waals surface area contributed by atoms with Crippen LogP contribution < -0.4 is 4.74 Å². The SMILES string of the molecule is CCCC(C)c1nnc(C)c2c1CCO2. The molecule has 0 radical (unpaired) electrons.